The molecule has 0 aromatic carbocycles. The zero-order valence-corrected chi connectivity index (χ0v) is 17.5. The van der Waals surface area contributed by atoms with Crippen LogP contribution in [0.3, 0.4) is 0 Å². The summed E-state index contributed by atoms with van der Waals surface area (Å²) in [5.41, 5.74) is 0. The number of carbonyl (C=O) groups is 1. The summed E-state index contributed by atoms with van der Waals surface area (Å²) in [5.74, 6) is 1.04. The SMILES string of the molecule is CCCCC(CC)C(=O)SCCC[Si](OCC)(OCC)OCC. The molecule has 0 amide bonds. The number of thioether (sulfide) groups is 1. The van der Waals surface area contributed by atoms with Gasteiger partial charge in [-0.05, 0) is 40.0 Å². The summed E-state index contributed by atoms with van der Waals surface area (Å²) in [6.45, 7) is 12.0. The molecule has 0 fully saturated rings. The second kappa shape index (κ2) is 14.5. The summed E-state index contributed by atoms with van der Waals surface area (Å²) in [4.78, 5) is 12.3. The van der Waals surface area contributed by atoms with Crippen molar-refractivity contribution < 1.29 is 18.1 Å². The van der Waals surface area contributed by atoms with Gasteiger partial charge in [0.2, 0.25) is 0 Å². The molecule has 0 aromatic rings. The molecular formula is C17H36O4SSi. The third-order valence-corrected chi connectivity index (χ3v) is 7.96. The molecule has 0 heterocycles. The average molecular weight is 365 g/mol. The van der Waals surface area contributed by atoms with Crippen LogP contribution in [0.15, 0.2) is 0 Å². The maximum atomic E-state index is 12.3. The van der Waals surface area contributed by atoms with E-state index in [1.165, 1.54) is 11.8 Å². The Balaban J connectivity index is 4.28. The van der Waals surface area contributed by atoms with Crippen LogP contribution in [-0.4, -0.2) is 39.5 Å². The van der Waals surface area contributed by atoms with Crippen molar-refractivity contribution in [3.8, 4) is 0 Å². The van der Waals surface area contributed by atoms with Crippen molar-refractivity contribution in [1.29, 1.82) is 0 Å². The molecule has 138 valence electrons. The van der Waals surface area contributed by atoms with Gasteiger partial charge in [0, 0.05) is 37.5 Å². The van der Waals surface area contributed by atoms with Gasteiger partial charge in [0.05, 0.1) is 0 Å². The van der Waals surface area contributed by atoms with E-state index in [-0.39, 0.29) is 5.92 Å². The summed E-state index contributed by atoms with van der Waals surface area (Å²) in [6, 6.07) is 0.786. The van der Waals surface area contributed by atoms with Crippen LogP contribution in [0, 0.1) is 5.92 Å². The molecule has 0 aliphatic heterocycles. The summed E-state index contributed by atoms with van der Waals surface area (Å²) in [6.07, 6.45) is 5.15. The standard InChI is InChI=1S/C17H36O4SSi/c1-6-11-13-16(7-2)17(18)22-14-12-15-23(19-8-3,20-9-4)21-10-5/h16H,6-15H2,1-5H3. The van der Waals surface area contributed by atoms with E-state index in [4.69, 9.17) is 13.3 Å². The summed E-state index contributed by atoms with van der Waals surface area (Å²) >= 11 is 1.47. The van der Waals surface area contributed by atoms with Crippen molar-refractivity contribution in [2.75, 3.05) is 25.6 Å². The highest BCUT2D eigenvalue weighted by Crippen LogP contribution is 2.24. The average Bonchev–Trinajstić information content (AvgIpc) is 2.53. The van der Waals surface area contributed by atoms with Gasteiger partial charge in [-0.1, -0.05) is 38.5 Å². The Labute approximate surface area is 148 Å². The Morgan fingerprint density at radius 3 is 1.96 bits per heavy atom. The fourth-order valence-corrected chi connectivity index (χ4v) is 6.40. The molecule has 0 saturated carbocycles. The molecule has 23 heavy (non-hydrogen) atoms. The van der Waals surface area contributed by atoms with Crippen molar-refractivity contribution in [2.45, 2.75) is 72.8 Å². The first kappa shape index (κ1) is 23.1. The molecule has 0 rings (SSSR count). The molecule has 0 aliphatic carbocycles. The fourth-order valence-electron chi connectivity index (χ4n) is 2.52. The maximum Gasteiger partial charge on any atom is 0.500 e. The monoisotopic (exact) mass is 364 g/mol. The largest absolute Gasteiger partial charge is 0.500 e. The second-order valence-electron chi connectivity index (χ2n) is 5.50. The molecule has 0 aliphatic rings. The number of rotatable bonds is 15. The van der Waals surface area contributed by atoms with E-state index < -0.39 is 8.80 Å². The predicted octanol–water partition coefficient (Wildman–Crippen LogP) is 4.90. The van der Waals surface area contributed by atoms with Gasteiger partial charge in [0.25, 0.3) is 0 Å². The van der Waals surface area contributed by atoms with Crippen molar-refractivity contribution >= 4 is 25.7 Å². The van der Waals surface area contributed by atoms with Crippen LogP contribution >= 0.6 is 11.8 Å². The van der Waals surface area contributed by atoms with Crippen molar-refractivity contribution in [3.05, 3.63) is 0 Å². The number of unbranched alkanes of at least 4 members (excludes halogenated alkanes) is 1. The second-order valence-corrected chi connectivity index (χ2v) is 9.33. The molecule has 0 radical (unpaired) electrons. The Morgan fingerprint density at radius 1 is 0.957 bits per heavy atom. The zero-order chi connectivity index (χ0) is 17.6. The lowest BCUT2D eigenvalue weighted by atomic mass is 10.0. The van der Waals surface area contributed by atoms with Gasteiger partial charge in [-0.2, -0.15) is 0 Å². The summed E-state index contributed by atoms with van der Waals surface area (Å²) < 4.78 is 17.5. The van der Waals surface area contributed by atoms with Gasteiger partial charge in [0.15, 0.2) is 5.12 Å². The Bertz CT molecular complexity index is 285. The molecule has 0 spiro atoms. The molecule has 0 bridgehead atoms. The van der Waals surface area contributed by atoms with Crippen LogP contribution in [0.4, 0.5) is 0 Å². The van der Waals surface area contributed by atoms with E-state index >= 15 is 0 Å². The normalized spacial score (nSPS) is 13.3. The van der Waals surface area contributed by atoms with Crippen molar-refractivity contribution in [2.24, 2.45) is 5.92 Å². The minimum absolute atomic E-state index is 0.215. The lowest BCUT2D eigenvalue weighted by molar-refractivity contribution is -0.114. The molecule has 4 nitrogen and oxygen atoms in total. The molecule has 0 saturated heterocycles. The Hall–Kier alpha value is 0.117. The Morgan fingerprint density at radius 2 is 1.52 bits per heavy atom. The highest BCUT2D eigenvalue weighted by atomic mass is 32.2. The third-order valence-electron chi connectivity index (χ3n) is 3.70. The van der Waals surface area contributed by atoms with Crippen LogP contribution in [0.25, 0.3) is 0 Å². The highest BCUT2D eigenvalue weighted by Gasteiger charge is 2.39. The van der Waals surface area contributed by atoms with Crippen LogP contribution < -0.4 is 0 Å². The fraction of sp³-hybridized carbons (Fsp3) is 0.941. The van der Waals surface area contributed by atoms with Gasteiger partial charge in [-0.15, -0.1) is 0 Å². The molecular weight excluding hydrogens is 328 g/mol. The van der Waals surface area contributed by atoms with Gasteiger partial charge < -0.3 is 13.3 Å². The minimum atomic E-state index is -2.55. The molecule has 1 atom stereocenters. The van der Waals surface area contributed by atoms with E-state index in [0.29, 0.717) is 24.9 Å². The highest BCUT2D eigenvalue weighted by molar-refractivity contribution is 8.13. The van der Waals surface area contributed by atoms with Crippen molar-refractivity contribution in [1.82, 2.24) is 0 Å². The molecule has 0 aromatic heterocycles. The van der Waals surface area contributed by atoms with Crippen LogP contribution in [0.2, 0.25) is 6.04 Å². The molecule has 6 heteroatoms. The van der Waals surface area contributed by atoms with Gasteiger partial charge in [-0.25, -0.2) is 0 Å². The van der Waals surface area contributed by atoms with E-state index in [9.17, 15) is 4.79 Å². The molecule has 0 N–H and O–H groups in total. The number of hydrogen-bond donors (Lipinski definition) is 0. The zero-order valence-electron chi connectivity index (χ0n) is 15.7. The molecule has 1 unspecified atom stereocenters. The number of carbonyl (C=O) groups excluding carboxylic acids is 1. The lowest BCUT2D eigenvalue weighted by Crippen LogP contribution is -2.46. The summed E-state index contributed by atoms with van der Waals surface area (Å²) in [7, 11) is -2.55. The smallest absolute Gasteiger partial charge is 0.374 e. The van der Waals surface area contributed by atoms with E-state index in [1.807, 2.05) is 20.8 Å². The van der Waals surface area contributed by atoms with E-state index in [2.05, 4.69) is 13.8 Å². The van der Waals surface area contributed by atoms with Gasteiger partial charge in [0.1, 0.15) is 0 Å². The van der Waals surface area contributed by atoms with E-state index in [1.54, 1.807) is 0 Å². The van der Waals surface area contributed by atoms with Gasteiger partial charge >= 0.3 is 8.80 Å². The summed E-state index contributed by atoms with van der Waals surface area (Å²) in [5, 5.41) is 0.345. The lowest BCUT2D eigenvalue weighted by Gasteiger charge is -2.28. The van der Waals surface area contributed by atoms with Gasteiger partial charge in [-0.3, -0.25) is 4.79 Å². The first-order valence-corrected chi connectivity index (χ1v) is 12.1. The quantitative estimate of drug-likeness (QED) is 0.305. The van der Waals surface area contributed by atoms with Crippen molar-refractivity contribution in [3.63, 3.8) is 0 Å². The van der Waals surface area contributed by atoms with Crippen LogP contribution in [0.5, 0.6) is 0 Å². The predicted molar refractivity (Wildman–Crippen MR) is 101 cm³/mol. The first-order valence-electron chi connectivity index (χ1n) is 9.17. The van der Waals surface area contributed by atoms with Crippen LogP contribution in [0.1, 0.15) is 66.7 Å². The number of hydrogen-bond acceptors (Lipinski definition) is 5. The van der Waals surface area contributed by atoms with Crippen LogP contribution in [-0.2, 0) is 18.1 Å². The van der Waals surface area contributed by atoms with E-state index in [0.717, 1.165) is 43.9 Å². The minimum Gasteiger partial charge on any atom is -0.374 e. The Kier molecular flexibility index (Phi) is 14.5. The third kappa shape index (κ3) is 9.87. The first-order chi connectivity index (χ1) is 11.1. The maximum absolute atomic E-state index is 12.3. The topological polar surface area (TPSA) is 44.8 Å².